The first-order chi connectivity index (χ1) is 13.8. The van der Waals surface area contributed by atoms with Crippen molar-refractivity contribution in [1.82, 2.24) is 9.97 Å². The van der Waals surface area contributed by atoms with Gasteiger partial charge in [-0.15, -0.1) is 0 Å². The molecule has 2 aromatic carbocycles. The third kappa shape index (κ3) is 5.54. The Morgan fingerprint density at radius 3 is 2.34 bits per heavy atom. The van der Waals surface area contributed by atoms with Crippen molar-refractivity contribution in [1.29, 1.82) is 0 Å². The summed E-state index contributed by atoms with van der Waals surface area (Å²) in [6, 6.07) is 12.0. The summed E-state index contributed by atoms with van der Waals surface area (Å²) >= 11 is 11.7. The minimum atomic E-state index is -3.93. The van der Waals surface area contributed by atoms with E-state index in [-0.39, 0.29) is 16.6 Å². The number of anilines is 1. The summed E-state index contributed by atoms with van der Waals surface area (Å²) in [4.78, 5) is 19.7. The molecule has 1 heterocycles. The molecular weight excluding hydrogens is 435 g/mol. The van der Waals surface area contributed by atoms with Gasteiger partial charge in [-0.1, -0.05) is 29.3 Å². The molecule has 1 N–H and O–H groups in total. The number of ketones is 1. The number of carbonyl (C=O) groups excluding carboxylic acids is 1. The summed E-state index contributed by atoms with van der Waals surface area (Å²) in [5.41, 5.74) is 0.974. The van der Waals surface area contributed by atoms with Crippen molar-refractivity contribution in [2.45, 2.75) is 4.90 Å². The number of nitrogens with zero attached hydrogens (tertiary/aromatic N) is 3. The van der Waals surface area contributed by atoms with Crippen LogP contribution >= 0.6 is 23.2 Å². The molecule has 0 unspecified atom stereocenters. The first-order valence-electron chi connectivity index (χ1n) is 8.13. The van der Waals surface area contributed by atoms with Crippen LogP contribution in [0.1, 0.15) is 10.4 Å². The summed E-state index contributed by atoms with van der Waals surface area (Å²) in [5.74, 6) is -0.407. The number of hydrogen-bond donors (Lipinski definition) is 1. The second kappa shape index (κ2) is 9.04. The Labute approximate surface area is 177 Å². The zero-order valence-electron chi connectivity index (χ0n) is 14.7. The van der Waals surface area contributed by atoms with Gasteiger partial charge in [-0.2, -0.15) is 0 Å². The van der Waals surface area contributed by atoms with Gasteiger partial charge in [-0.3, -0.25) is 9.52 Å². The average Bonchev–Trinajstić information content (AvgIpc) is 2.71. The summed E-state index contributed by atoms with van der Waals surface area (Å²) in [7, 11) is -3.93. The van der Waals surface area contributed by atoms with Crippen LogP contribution in [0, 0.1) is 0 Å². The van der Waals surface area contributed by atoms with Crippen molar-refractivity contribution in [2.75, 3.05) is 5.32 Å². The van der Waals surface area contributed by atoms with Gasteiger partial charge in [0, 0.05) is 29.5 Å². The minimum absolute atomic E-state index is 0.00800. The number of hydrogen-bond acceptors (Lipinski definition) is 6. The van der Waals surface area contributed by atoms with Crippen LogP contribution in [-0.4, -0.2) is 24.2 Å². The van der Waals surface area contributed by atoms with Crippen LogP contribution < -0.4 is 5.32 Å². The van der Waals surface area contributed by atoms with E-state index in [1.807, 2.05) is 0 Å². The van der Waals surface area contributed by atoms with Crippen LogP contribution in [0.2, 0.25) is 10.0 Å². The van der Waals surface area contributed by atoms with Gasteiger partial charge in [-0.25, -0.2) is 8.42 Å². The van der Waals surface area contributed by atoms with E-state index in [9.17, 15) is 13.2 Å². The van der Waals surface area contributed by atoms with Crippen LogP contribution in [0.25, 0.3) is 4.72 Å². The maximum atomic E-state index is 12.3. The summed E-state index contributed by atoms with van der Waals surface area (Å²) in [5, 5.41) is 3.55. The van der Waals surface area contributed by atoms with Gasteiger partial charge >= 0.3 is 0 Å². The van der Waals surface area contributed by atoms with Crippen molar-refractivity contribution in [3.8, 4) is 0 Å². The van der Waals surface area contributed by atoms with Crippen LogP contribution in [0.4, 0.5) is 11.6 Å². The summed E-state index contributed by atoms with van der Waals surface area (Å²) < 4.78 is 28.1. The fraction of sp³-hybridized carbons (Fsp3) is 0. The molecule has 0 aliphatic carbocycles. The molecule has 1 aromatic heterocycles. The molecular formula is C19H13Cl2N4O3S-. The monoisotopic (exact) mass is 447 g/mol. The highest BCUT2D eigenvalue weighted by Crippen LogP contribution is 2.25. The highest BCUT2D eigenvalue weighted by atomic mass is 35.5. The van der Waals surface area contributed by atoms with E-state index in [1.165, 1.54) is 42.9 Å². The lowest BCUT2D eigenvalue weighted by molar-refractivity contribution is 0.104. The molecule has 10 heteroatoms. The Balaban J connectivity index is 1.63. The number of carbonyl (C=O) groups is 1. The van der Waals surface area contributed by atoms with Crippen LogP contribution in [0.15, 0.2) is 78.1 Å². The predicted molar refractivity (Wildman–Crippen MR) is 112 cm³/mol. The Morgan fingerprint density at radius 2 is 1.69 bits per heavy atom. The second-order valence-electron chi connectivity index (χ2n) is 5.61. The molecule has 0 amide bonds. The van der Waals surface area contributed by atoms with E-state index in [2.05, 4.69) is 20.0 Å². The summed E-state index contributed by atoms with van der Waals surface area (Å²) in [6.07, 6.45) is 5.57. The van der Waals surface area contributed by atoms with Crippen molar-refractivity contribution in [3.05, 3.63) is 93.5 Å². The van der Waals surface area contributed by atoms with Gasteiger partial charge in [0.1, 0.15) is 0 Å². The first kappa shape index (κ1) is 20.8. The molecule has 0 radical (unpaired) electrons. The van der Waals surface area contributed by atoms with Gasteiger partial charge in [-0.05, 0) is 54.9 Å². The van der Waals surface area contributed by atoms with Gasteiger partial charge in [0.25, 0.3) is 0 Å². The zero-order valence-corrected chi connectivity index (χ0v) is 17.0. The number of benzene rings is 2. The smallest absolute Gasteiger partial charge is 0.229 e. The number of halogens is 2. The topological polar surface area (TPSA) is 103 Å². The number of aromatic nitrogens is 2. The van der Waals surface area contributed by atoms with Crippen LogP contribution in [0.5, 0.6) is 0 Å². The van der Waals surface area contributed by atoms with Crippen LogP contribution in [0.3, 0.4) is 0 Å². The number of allylic oxidation sites excluding steroid dienone is 1. The molecule has 0 aliphatic heterocycles. The average molecular weight is 448 g/mol. The Hall–Kier alpha value is -2.94. The second-order valence-corrected chi connectivity index (χ2v) is 8.03. The Kier molecular flexibility index (Phi) is 6.48. The maximum Gasteiger partial charge on any atom is 0.229 e. The Morgan fingerprint density at radius 1 is 1.00 bits per heavy atom. The molecule has 7 nitrogen and oxygen atoms in total. The SMILES string of the molecule is O=C(/C=C/Nc1ccc(S(=O)(=O)[N-]c2ncccn2)cc1)c1ccc(Cl)c(Cl)c1. The lowest BCUT2D eigenvalue weighted by Gasteiger charge is -2.12. The molecule has 0 spiro atoms. The van der Waals surface area contributed by atoms with E-state index in [0.717, 1.165) is 0 Å². The van der Waals surface area contributed by atoms with Gasteiger partial charge in [0.15, 0.2) is 5.78 Å². The molecule has 148 valence electrons. The molecule has 0 atom stereocenters. The van der Waals surface area contributed by atoms with E-state index in [1.54, 1.807) is 30.3 Å². The molecule has 0 bridgehead atoms. The largest absolute Gasteiger partial charge is 0.366 e. The molecule has 0 fully saturated rings. The standard InChI is InChI=1S/C19H14Cl2N4O3S/c20-16-7-2-13(12-17(16)21)18(26)8-11-22-14-3-5-15(6-4-14)29(27,28)25-19-23-9-1-10-24-19/h1-12H,(H2,22,23,24,25,26)/p-1. The Bertz CT molecular complexity index is 1150. The van der Waals surface area contributed by atoms with Crippen molar-refractivity contribution < 1.29 is 13.2 Å². The molecule has 3 aromatic rings. The highest BCUT2D eigenvalue weighted by Gasteiger charge is 2.11. The summed E-state index contributed by atoms with van der Waals surface area (Å²) in [6.45, 7) is 0. The lowest BCUT2D eigenvalue weighted by Crippen LogP contribution is -2.00. The fourth-order valence-corrected chi connectivity index (χ4v) is 3.37. The molecule has 29 heavy (non-hydrogen) atoms. The third-order valence-corrected chi connectivity index (χ3v) is 5.61. The van der Waals surface area contributed by atoms with Crippen molar-refractivity contribution >= 4 is 50.6 Å². The minimum Gasteiger partial charge on any atom is -0.366 e. The maximum absolute atomic E-state index is 12.3. The van der Waals surface area contributed by atoms with E-state index < -0.39 is 10.0 Å². The first-order valence-corrected chi connectivity index (χ1v) is 10.3. The lowest BCUT2D eigenvalue weighted by atomic mass is 10.1. The van der Waals surface area contributed by atoms with E-state index >= 15 is 0 Å². The van der Waals surface area contributed by atoms with Gasteiger partial charge in [0.2, 0.25) is 10.0 Å². The molecule has 0 aliphatic rings. The molecule has 3 rings (SSSR count). The van der Waals surface area contributed by atoms with Gasteiger partial charge in [0.05, 0.1) is 14.9 Å². The highest BCUT2D eigenvalue weighted by molar-refractivity contribution is 7.94. The normalized spacial score (nSPS) is 11.4. The fourth-order valence-electron chi connectivity index (χ4n) is 2.18. The number of rotatable bonds is 7. The molecule has 0 saturated carbocycles. The zero-order chi connectivity index (χ0) is 20.9. The van der Waals surface area contributed by atoms with Gasteiger partial charge < -0.3 is 15.3 Å². The molecule has 0 saturated heterocycles. The predicted octanol–water partition coefficient (Wildman–Crippen LogP) is 4.99. The van der Waals surface area contributed by atoms with Crippen molar-refractivity contribution in [2.24, 2.45) is 0 Å². The quantitative estimate of drug-likeness (QED) is 0.404. The van der Waals surface area contributed by atoms with E-state index in [0.29, 0.717) is 21.3 Å². The number of nitrogens with one attached hydrogen (secondary N) is 1. The third-order valence-electron chi connectivity index (χ3n) is 3.59. The number of sulfonamides is 1. The van der Waals surface area contributed by atoms with E-state index in [4.69, 9.17) is 23.2 Å². The van der Waals surface area contributed by atoms with Crippen molar-refractivity contribution in [3.63, 3.8) is 0 Å². The van der Waals surface area contributed by atoms with Crippen LogP contribution in [-0.2, 0) is 10.0 Å².